The molecular weight excluding hydrogens is 174 g/mol. The van der Waals surface area contributed by atoms with Gasteiger partial charge in [0.15, 0.2) is 0 Å². The van der Waals surface area contributed by atoms with E-state index in [1.807, 2.05) is 0 Å². The highest BCUT2D eigenvalue weighted by Gasteiger charge is 2.18. The normalized spacial score (nSPS) is 11.4. The topological polar surface area (TPSA) is 86.6 Å². The molecule has 3 N–H and O–H groups in total. The molecule has 0 bridgehead atoms. The van der Waals surface area contributed by atoms with E-state index in [1.165, 1.54) is 0 Å². The van der Waals surface area contributed by atoms with E-state index < -0.39 is 17.9 Å². The highest BCUT2D eigenvalue weighted by Crippen LogP contribution is 1.92. The smallest absolute Gasteiger partial charge is 0.326 e. The van der Waals surface area contributed by atoms with Crippen LogP contribution < -0.4 is 5.32 Å². The van der Waals surface area contributed by atoms with Gasteiger partial charge in [-0.05, 0) is 0 Å². The number of carbonyl (C=O) groups excluding carboxylic acids is 1. The van der Waals surface area contributed by atoms with Gasteiger partial charge < -0.3 is 15.5 Å². The summed E-state index contributed by atoms with van der Waals surface area (Å²) in [7, 11) is 0. The van der Waals surface area contributed by atoms with Gasteiger partial charge in [-0.1, -0.05) is 5.92 Å². The molecule has 1 amide bonds. The summed E-state index contributed by atoms with van der Waals surface area (Å²) < 4.78 is 0. The van der Waals surface area contributed by atoms with Crippen LogP contribution >= 0.6 is 0 Å². The van der Waals surface area contributed by atoms with Crippen molar-refractivity contribution in [3.8, 4) is 12.3 Å². The van der Waals surface area contributed by atoms with Gasteiger partial charge >= 0.3 is 5.97 Å². The fourth-order valence-corrected chi connectivity index (χ4v) is 0.725. The van der Waals surface area contributed by atoms with Crippen molar-refractivity contribution >= 4 is 11.9 Å². The number of aliphatic hydroxyl groups is 1. The zero-order valence-electron chi connectivity index (χ0n) is 6.99. The lowest BCUT2D eigenvalue weighted by atomic mass is 10.2. The molecule has 0 radical (unpaired) electrons. The van der Waals surface area contributed by atoms with Crippen molar-refractivity contribution in [1.82, 2.24) is 5.32 Å². The Balaban J connectivity index is 4.03. The molecule has 13 heavy (non-hydrogen) atoms. The minimum Gasteiger partial charge on any atom is -0.480 e. The first-order valence-corrected chi connectivity index (χ1v) is 3.68. The lowest BCUT2D eigenvalue weighted by Crippen LogP contribution is -2.41. The summed E-state index contributed by atoms with van der Waals surface area (Å²) in [4.78, 5) is 21.3. The first kappa shape index (κ1) is 11.5. The molecule has 0 heterocycles. The molecule has 0 fully saturated rings. The second kappa shape index (κ2) is 6.03. The number of hydrogen-bond donors (Lipinski definition) is 3. The predicted molar refractivity (Wildman–Crippen MR) is 44.7 cm³/mol. The number of carboxylic acid groups (broad SMARTS) is 1. The van der Waals surface area contributed by atoms with E-state index in [1.54, 1.807) is 0 Å². The van der Waals surface area contributed by atoms with Crippen molar-refractivity contribution in [2.45, 2.75) is 18.9 Å². The van der Waals surface area contributed by atoms with Crippen molar-refractivity contribution in [2.75, 3.05) is 6.61 Å². The van der Waals surface area contributed by atoms with E-state index in [0.29, 0.717) is 0 Å². The first-order valence-electron chi connectivity index (χ1n) is 3.68. The van der Waals surface area contributed by atoms with Crippen LogP contribution in [0.15, 0.2) is 0 Å². The second-order valence-electron chi connectivity index (χ2n) is 2.35. The van der Waals surface area contributed by atoms with Crippen molar-refractivity contribution in [1.29, 1.82) is 0 Å². The van der Waals surface area contributed by atoms with Crippen LogP contribution in [0, 0.1) is 12.3 Å². The quantitative estimate of drug-likeness (QED) is 0.477. The summed E-state index contributed by atoms with van der Waals surface area (Å²) in [5.74, 6) is 0.381. The van der Waals surface area contributed by atoms with Crippen LogP contribution in [0.5, 0.6) is 0 Å². The van der Waals surface area contributed by atoms with Gasteiger partial charge in [0.05, 0.1) is 6.42 Å². The number of carboxylic acids is 1. The van der Waals surface area contributed by atoms with Crippen molar-refractivity contribution in [3.05, 3.63) is 0 Å². The van der Waals surface area contributed by atoms with Crippen molar-refractivity contribution in [3.63, 3.8) is 0 Å². The minimum atomic E-state index is -1.18. The average Bonchev–Trinajstić information content (AvgIpc) is 2.04. The van der Waals surface area contributed by atoms with E-state index in [0.717, 1.165) is 0 Å². The zero-order chi connectivity index (χ0) is 10.3. The monoisotopic (exact) mass is 185 g/mol. The summed E-state index contributed by atoms with van der Waals surface area (Å²) in [6, 6.07) is -1.06. The summed E-state index contributed by atoms with van der Waals surface area (Å²) in [6.07, 6.45) is 4.67. The Morgan fingerprint density at radius 2 is 2.15 bits per heavy atom. The SMILES string of the molecule is C#CCC(=O)N[C@H](CCO)C(=O)O. The summed E-state index contributed by atoms with van der Waals surface area (Å²) in [5, 5.41) is 19.2. The molecule has 0 aromatic carbocycles. The fourth-order valence-electron chi connectivity index (χ4n) is 0.725. The van der Waals surface area contributed by atoms with Gasteiger partial charge in [-0.25, -0.2) is 4.79 Å². The lowest BCUT2D eigenvalue weighted by Gasteiger charge is -2.11. The summed E-state index contributed by atoms with van der Waals surface area (Å²) in [5.41, 5.74) is 0. The number of rotatable bonds is 5. The van der Waals surface area contributed by atoms with Crippen LogP contribution in [0.25, 0.3) is 0 Å². The number of nitrogens with one attached hydrogen (secondary N) is 1. The third-order valence-corrected chi connectivity index (χ3v) is 1.31. The molecule has 5 nitrogen and oxygen atoms in total. The number of amides is 1. The van der Waals surface area contributed by atoms with Crippen molar-refractivity contribution < 1.29 is 19.8 Å². The molecule has 1 atom stereocenters. The van der Waals surface area contributed by atoms with E-state index in [9.17, 15) is 9.59 Å². The highest BCUT2D eigenvalue weighted by atomic mass is 16.4. The van der Waals surface area contributed by atoms with Gasteiger partial charge in [-0.2, -0.15) is 0 Å². The van der Waals surface area contributed by atoms with Crippen LogP contribution in [0.3, 0.4) is 0 Å². The molecule has 72 valence electrons. The maximum Gasteiger partial charge on any atom is 0.326 e. The minimum absolute atomic E-state index is 0.0222. The van der Waals surface area contributed by atoms with Gasteiger partial charge in [-0.3, -0.25) is 4.79 Å². The van der Waals surface area contributed by atoms with Crippen LogP contribution in [0.2, 0.25) is 0 Å². The molecule has 0 aromatic rings. The maximum atomic E-state index is 10.8. The number of hydrogen-bond acceptors (Lipinski definition) is 3. The second-order valence-corrected chi connectivity index (χ2v) is 2.35. The number of carbonyl (C=O) groups is 2. The molecule has 0 aliphatic heterocycles. The molecule has 0 rings (SSSR count). The molecular formula is C8H11NO4. The Bertz CT molecular complexity index is 231. The first-order chi connectivity index (χ1) is 6.11. The van der Waals surface area contributed by atoms with Gasteiger partial charge in [-0.15, -0.1) is 6.42 Å². The average molecular weight is 185 g/mol. The van der Waals surface area contributed by atoms with Gasteiger partial charge in [0.25, 0.3) is 0 Å². The van der Waals surface area contributed by atoms with E-state index in [-0.39, 0.29) is 19.4 Å². The van der Waals surface area contributed by atoms with Crippen LogP contribution in [-0.4, -0.2) is 34.7 Å². The van der Waals surface area contributed by atoms with E-state index in [2.05, 4.69) is 11.2 Å². The van der Waals surface area contributed by atoms with Gasteiger partial charge in [0.2, 0.25) is 5.91 Å². The molecule has 5 heteroatoms. The molecule has 0 unspecified atom stereocenters. The Morgan fingerprint density at radius 1 is 1.54 bits per heavy atom. The van der Waals surface area contributed by atoms with Crippen LogP contribution in [0.4, 0.5) is 0 Å². The predicted octanol–water partition coefficient (Wildman–Crippen LogP) is -1.04. The fraction of sp³-hybridized carbons (Fsp3) is 0.500. The number of terminal acetylenes is 1. The maximum absolute atomic E-state index is 10.8. The molecule has 0 spiro atoms. The summed E-state index contributed by atoms with van der Waals surface area (Å²) >= 11 is 0. The third-order valence-electron chi connectivity index (χ3n) is 1.31. The Kier molecular flexibility index (Phi) is 5.32. The third kappa shape index (κ3) is 4.82. The van der Waals surface area contributed by atoms with Gasteiger partial charge in [0, 0.05) is 13.0 Å². The van der Waals surface area contributed by atoms with E-state index in [4.69, 9.17) is 16.6 Å². The number of aliphatic carboxylic acids is 1. The number of aliphatic hydroxyl groups excluding tert-OH is 1. The highest BCUT2D eigenvalue weighted by molar-refractivity contribution is 5.84. The Morgan fingerprint density at radius 3 is 2.54 bits per heavy atom. The van der Waals surface area contributed by atoms with Crippen LogP contribution in [-0.2, 0) is 9.59 Å². The molecule has 0 saturated heterocycles. The molecule has 0 aliphatic rings. The van der Waals surface area contributed by atoms with Crippen LogP contribution in [0.1, 0.15) is 12.8 Å². The molecule has 0 aromatic heterocycles. The van der Waals surface area contributed by atoms with Gasteiger partial charge in [0.1, 0.15) is 6.04 Å². The zero-order valence-corrected chi connectivity index (χ0v) is 6.99. The lowest BCUT2D eigenvalue weighted by molar-refractivity contribution is -0.142. The Labute approximate surface area is 75.8 Å². The van der Waals surface area contributed by atoms with Crippen molar-refractivity contribution in [2.24, 2.45) is 0 Å². The summed E-state index contributed by atoms with van der Waals surface area (Å²) in [6.45, 7) is -0.298. The Hall–Kier alpha value is -1.54. The standard InChI is InChI=1S/C8H11NO4/c1-2-3-7(11)9-6(4-5-10)8(12)13/h1,6,10H,3-5H2,(H,9,11)(H,12,13)/t6-/m1/s1. The largest absolute Gasteiger partial charge is 0.480 e. The van der Waals surface area contributed by atoms with E-state index >= 15 is 0 Å². The molecule has 0 saturated carbocycles. The molecule has 0 aliphatic carbocycles.